The minimum Gasteiger partial charge on any atom is -0.475 e. The van der Waals surface area contributed by atoms with E-state index in [9.17, 15) is 9.18 Å². The molecule has 1 N–H and O–H groups in total. The third kappa shape index (κ3) is 2.25. The lowest BCUT2D eigenvalue weighted by molar-refractivity contribution is 0.0652. The highest BCUT2D eigenvalue weighted by atomic mass is 19.1. The second-order valence-corrected chi connectivity index (χ2v) is 3.29. The number of aromatic nitrogens is 1. The van der Waals surface area contributed by atoms with Crippen LogP contribution < -0.4 is 0 Å². The molecule has 5 heteroatoms. The van der Waals surface area contributed by atoms with Crippen molar-refractivity contribution in [1.82, 2.24) is 5.16 Å². The van der Waals surface area contributed by atoms with Gasteiger partial charge in [0.1, 0.15) is 5.82 Å². The number of aromatic carboxylic acids is 1. The van der Waals surface area contributed by atoms with Crippen LogP contribution in [0.1, 0.15) is 21.8 Å². The molecule has 1 aromatic heterocycles. The number of carboxylic acids is 1. The molecule has 0 atom stereocenters. The molecule has 0 aliphatic rings. The molecule has 2 rings (SSSR count). The summed E-state index contributed by atoms with van der Waals surface area (Å²) in [6, 6.07) is 7.27. The molecule has 0 aliphatic heterocycles. The molecule has 0 radical (unpaired) electrons. The van der Waals surface area contributed by atoms with E-state index in [1.165, 1.54) is 18.2 Å². The van der Waals surface area contributed by atoms with Crippen molar-refractivity contribution >= 4 is 5.97 Å². The van der Waals surface area contributed by atoms with Crippen LogP contribution in [-0.2, 0) is 6.42 Å². The van der Waals surface area contributed by atoms with Gasteiger partial charge in [-0.15, -0.1) is 0 Å². The molecule has 0 saturated heterocycles. The smallest absolute Gasteiger partial charge is 0.374 e. The standard InChI is InChI=1S/C11H8FNO3/c12-8-3-1-7(2-4-8)5-9-6-10(11(14)15)16-13-9/h1-4,6H,5H2,(H,14,15). The summed E-state index contributed by atoms with van der Waals surface area (Å²) in [5, 5.41) is 12.2. The zero-order valence-corrected chi connectivity index (χ0v) is 8.18. The fourth-order valence-corrected chi connectivity index (χ4v) is 1.31. The Labute approximate surface area is 90.3 Å². The lowest BCUT2D eigenvalue weighted by Gasteiger charge is -1.96. The Morgan fingerprint density at radius 1 is 1.38 bits per heavy atom. The van der Waals surface area contributed by atoms with E-state index in [0.29, 0.717) is 12.1 Å². The van der Waals surface area contributed by atoms with E-state index < -0.39 is 5.97 Å². The number of hydrogen-bond acceptors (Lipinski definition) is 3. The number of halogens is 1. The molecular formula is C11H8FNO3. The number of rotatable bonds is 3. The first-order chi connectivity index (χ1) is 7.65. The molecule has 0 saturated carbocycles. The van der Waals surface area contributed by atoms with Crippen LogP contribution in [0.3, 0.4) is 0 Å². The van der Waals surface area contributed by atoms with Crippen LogP contribution in [0.15, 0.2) is 34.9 Å². The molecule has 0 fully saturated rings. The van der Waals surface area contributed by atoms with Crippen LogP contribution in [0.4, 0.5) is 4.39 Å². The van der Waals surface area contributed by atoms with Crippen LogP contribution in [0, 0.1) is 5.82 Å². The molecule has 82 valence electrons. The molecule has 1 aromatic carbocycles. The predicted octanol–water partition coefficient (Wildman–Crippen LogP) is 2.10. The van der Waals surface area contributed by atoms with Crippen molar-refractivity contribution in [3.63, 3.8) is 0 Å². The lowest BCUT2D eigenvalue weighted by atomic mass is 10.1. The first-order valence-corrected chi connectivity index (χ1v) is 4.58. The van der Waals surface area contributed by atoms with Gasteiger partial charge in [0, 0.05) is 12.5 Å². The van der Waals surface area contributed by atoms with Crippen molar-refractivity contribution < 1.29 is 18.8 Å². The van der Waals surface area contributed by atoms with Crippen molar-refractivity contribution in [1.29, 1.82) is 0 Å². The third-order valence-electron chi connectivity index (χ3n) is 2.07. The van der Waals surface area contributed by atoms with Crippen molar-refractivity contribution in [2.45, 2.75) is 6.42 Å². The Bertz CT molecular complexity index is 504. The molecule has 0 unspecified atom stereocenters. The van der Waals surface area contributed by atoms with Crippen molar-refractivity contribution in [2.75, 3.05) is 0 Å². The van der Waals surface area contributed by atoms with Crippen LogP contribution >= 0.6 is 0 Å². The van der Waals surface area contributed by atoms with Crippen LogP contribution in [0.2, 0.25) is 0 Å². The fraction of sp³-hybridized carbons (Fsp3) is 0.0909. The Kier molecular flexibility index (Phi) is 2.68. The fourth-order valence-electron chi connectivity index (χ4n) is 1.31. The Balaban J connectivity index is 2.14. The Hall–Kier alpha value is -2.17. The number of benzene rings is 1. The molecule has 4 nitrogen and oxygen atoms in total. The van der Waals surface area contributed by atoms with Gasteiger partial charge in [-0.1, -0.05) is 17.3 Å². The van der Waals surface area contributed by atoms with E-state index in [1.807, 2.05) is 0 Å². The number of carboxylic acid groups (broad SMARTS) is 1. The second kappa shape index (κ2) is 4.14. The third-order valence-corrected chi connectivity index (χ3v) is 2.07. The predicted molar refractivity (Wildman–Crippen MR) is 52.7 cm³/mol. The van der Waals surface area contributed by atoms with Gasteiger partial charge in [-0.05, 0) is 17.7 Å². The van der Waals surface area contributed by atoms with E-state index in [2.05, 4.69) is 9.68 Å². The number of carbonyl (C=O) groups is 1. The van der Waals surface area contributed by atoms with Gasteiger partial charge in [0.05, 0.1) is 5.69 Å². The first-order valence-electron chi connectivity index (χ1n) is 4.58. The van der Waals surface area contributed by atoms with E-state index in [1.54, 1.807) is 12.1 Å². The summed E-state index contributed by atoms with van der Waals surface area (Å²) in [7, 11) is 0. The molecule has 2 aromatic rings. The Morgan fingerprint density at radius 3 is 2.62 bits per heavy atom. The molecular weight excluding hydrogens is 213 g/mol. The zero-order valence-electron chi connectivity index (χ0n) is 8.18. The van der Waals surface area contributed by atoms with Gasteiger partial charge in [0.2, 0.25) is 5.76 Å². The summed E-state index contributed by atoms with van der Waals surface area (Å²) in [6.07, 6.45) is 0.414. The van der Waals surface area contributed by atoms with E-state index >= 15 is 0 Å². The summed E-state index contributed by atoms with van der Waals surface area (Å²) < 4.78 is 17.2. The summed E-state index contributed by atoms with van der Waals surface area (Å²) in [6.45, 7) is 0. The van der Waals surface area contributed by atoms with Crippen LogP contribution in [0.25, 0.3) is 0 Å². The highest BCUT2D eigenvalue weighted by Gasteiger charge is 2.11. The van der Waals surface area contributed by atoms with Gasteiger partial charge < -0.3 is 9.63 Å². The summed E-state index contributed by atoms with van der Waals surface area (Å²) in [4.78, 5) is 10.5. The average molecular weight is 221 g/mol. The molecule has 0 amide bonds. The van der Waals surface area contributed by atoms with Crippen LogP contribution in [-0.4, -0.2) is 16.2 Å². The molecule has 16 heavy (non-hydrogen) atoms. The molecule has 0 aliphatic carbocycles. The summed E-state index contributed by atoms with van der Waals surface area (Å²) >= 11 is 0. The van der Waals surface area contributed by atoms with E-state index in [0.717, 1.165) is 5.56 Å². The van der Waals surface area contributed by atoms with Gasteiger partial charge in [0.25, 0.3) is 0 Å². The average Bonchev–Trinajstić information content (AvgIpc) is 2.70. The van der Waals surface area contributed by atoms with Crippen molar-refractivity contribution in [3.05, 3.63) is 53.2 Å². The maximum absolute atomic E-state index is 12.6. The first kappa shape index (κ1) is 10.4. The SMILES string of the molecule is O=C(O)c1cc(Cc2ccc(F)cc2)no1. The van der Waals surface area contributed by atoms with E-state index in [-0.39, 0.29) is 11.6 Å². The second-order valence-electron chi connectivity index (χ2n) is 3.29. The highest BCUT2D eigenvalue weighted by Crippen LogP contribution is 2.11. The van der Waals surface area contributed by atoms with Crippen molar-refractivity contribution in [2.24, 2.45) is 0 Å². The van der Waals surface area contributed by atoms with Gasteiger partial charge in [-0.25, -0.2) is 9.18 Å². The number of hydrogen-bond donors (Lipinski definition) is 1. The molecule has 1 heterocycles. The quantitative estimate of drug-likeness (QED) is 0.862. The van der Waals surface area contributed by atoms with Crippen molar-refractivity contribution in [3.8, 4) is 0 Å². The maximum atomic E-state index is 12.6. The van der Waals surface area contributed by atoms with Gasteiger partial charge in [-0.2, -0.15) is 0 Å². The van der Waals surface area contributed by atoms with E-state index in [4.69, 9.17) is 5.11 Å². The highest BCUT2D eigenvalue weighted by molar-refractivity contribution is 5.84. The van der Waals surface area contributed by atoms with Gasteiger partial charge >= 0.3 is 5.97 Å². The zero-order chi connectivity index (χ0) is 11.5. The normalized spacial score (nSPS) is 10.3. The largest absolute Gasteiger partial charge is 0.475 e. The van der Waals surface area contributed by atoms with Gasteiger partial charge in [-0.3, -0.25) is 0 Å². The minimum absolute atomic E-state index is 0.197. The molecule has 0 spiro atoms. The maximum Gasteiger partial charge on any atom is 0.374 e. The summed E-state index contributed by atoms with van der Waals surface area (Å²) in [5.74, 6) is -1.66. The topological polar surface area (TPSA) is 63.3 Å². The Morgan fingerprint density at radius 2 is 2.06 bits per heavy atom. The van der Waals surface area contributed by atoms with Gasteiger partial charge in [0.15, 0.2) is 0 Å². The monoisotopic (exact) mass is 221 g/mol. The number of nitrogens with zero attached hydrogens (tertiary/aromatic N) is 1. The summed E-state index contributed by atoms with van der Waals surface area (Å²) in [5.41, 5.74) is 1.34. The molecule has 0 bridgehead atoms. The lowest BCUT2D eigenvalue weighted by Crippen LogP contribution is -1.92. The minimum atomic E-state index is -1.15. The van der Waals surface area contributed by atoms with Crippen LogP contribution in [0.5, 0.6) is 0 Å².